The molecule has 3 rings (SSSR count). The summed E-state index contributed by atoms with van der Waals surface area (Å²) in [5.74, 6) is 0.826. The maximum Gasteiger partial charge on any atom is 0.119 e. The molecule has 4 heteroatoms. The minimum Gasteiger partial charge on any atom is -0.497 e. The maximum atomic E-state index is 6.20. The van der Waals surface area contributed by atoms with Gasteiger partial charge >= 0.3 is 0 Å². The van der Waals surface area contributed by atoms with E-state index >= 15 is 0 Å². The second-order valence-corrected chi connectivity index (χ2v) is 4.76. The molecule has 100 valence electrons. The molecular weight excluding hydrogens is 272 g/mol. The molecule has 1 aromatic heterocycles. The third-order valence-corrected chi connectivity index (χ3v) is 3.43. The van der Waals surface area contributed by atoms with Crippen molar-refractivity contribution in [3.05, 3.63) is 65.9 Å². The van der Waals surface area contributed by atoms with Gasteiger partial charge in [-0.15, -0.1) is 0 Å². The van der Waals surface area contributed by atoms with E-state index in [0.717, 1.165) is 27.6 Å². The Morgan fingerprint density at radius 3 is 2.50 bits per heavy atom. The minimum atomic E-state index is 0.724. The molecule has 20 heavy (non-hydrogen) atoms. The largest absolute Gasteiger partial charge is 0.497 e. The van der Waals surface area contributed by atoms with Crippen molar-refractivity contribution in [2.75, 3.05) is 7.11 Å². The molecule has 0 fully saturated rings. The van der Waals surface area contributed by atoms with Gasteiger partial charge in [-0.3, -0.25) is 0 Å². The lowest BCUT2D eigenvalue weighted by Crippen LogP contribution is -1.93. The molecule has 0 spiro atoms. The summed E-state index contributed by atoms with van der Waals surface area (Å²) < 4.78 is 6.97. The summed E-state index contributed by atoms with van der Waals surface area (Å²) in [4.78, 5) is 0. The van der Waals surface area contributed by atoms with E-state index in [2.05, 4.69) is 5.10 Å². The first-order valence-corrected chi connectivity index (χ1v) is 6.60. The lowest BCUT2D eigenvalue weighted by molar-refractivity contribution is 0.414. The van der Waals surface area contributed by atoms with E-state index in [1.165, 1.54) is 0 Å². The Morgan fingerprint density at radius 1 is 1.05 bits per heavy atom. The Morgan fingerprint density at radius 2 is 1.80 bits per heavy atom. The molecule has 0 N–H and O–H groups in total. The average Bonchev–Trinajstić information content (AvgIpc) is 2.97. The van der Waals surface area contributed by atoms with Crippen LogP contribution in [0, 0.1) is 0 Å². The number of aromatic nitrogens is 2. The van der Waals surface area contributed by atoms with E-state index in [4.69, 9.17) is 16.3 Å². The maximum absolute atomic E-state index is 6.20. The van der Waals surface area contributed by atoms with Crippen LogP contribution in [0.4, 0.5) is 0 Å². The van der Waals surface area contributed by atoms with Gasteiger partial charge in [0.05, 0.1) is 19.0 Å². The first kappa shape index (κ1) is 12.8. The summed E-state index contributed by atoms with van der Waals surface area (Å²) in [5.41, 5.74) is 2.95. The van der Waals surface area contributed by atoms with Crippen molar-refractivity contribution in [2.24, 2.45) is 0 Å². The number of benzene rings is 2. The van der Waals surface area contributed by atoms with Crippen molar-refractivity contribution in [3.8, 4) is 22.6 Å². The van der Waals surface area contributed by atoms with Crippen molar-refractivity contribution in [1.29, 1.82) is 0 Å². The second kappa shape index (κ2) is 5.39. The van der Waals surface area contributed by atoms with Crippen LogP contribution < -0.4 is 4.74 Å². The second-order valence-electron chi connectivity index (χ2n) is 4.35. The minimum absolute atomic E-state index is 0.724. The van der Waals surface area contributed by atoms with Gasteiger partial charge in [-0.1, -0.05) is 29.8 Å². The quantitative estimate of drug-likeness (QED) is 0.721. The summed E-state index contributed by atoms with van der Waals surface area (Å²) in [6.45, 7) is 0. The molecule has 0 aliphatic heterocycles. The van der Waals surface area contributed by atoms with Gasteiger partial charge in [-0.2, -0.15) is 5.10 Å². The molecule has 0 unspecified atom stereocenters. The van der Waals surface area contributed by atoms with Gasteiger partial charge in [0, 0.05) is 22.3 Å². The van der Waals surface area contributed by atoms with Gasteiger partial charge in [0.15, 0.2) is 0 Å². The highest BCUT2D eigenvalue weighted by Crippen LogP contribution is 2.27. The predicted octanol–water partition coefficient (Wildman–Crippen LogP) is 4.20. The van der Waals surface area contributed by atoms with Crippen LogP contribution in [-0.2, 0) is 0 Å². The Balaban J connectivity index is 1.95. The lowest BCUT2D eigenvalue weighted by atomic mass is 10.1. The van der Waals surface area contributed by atoms with E-state index in [0.29, 0.717) is 0 Å². The first-order valence-electron chi connectivity index (χ1n) is 6.22. The molecule has 3 aromatic rings. The molecule has 0 radical (unpaired) electrons. The summed E-state index contributed by atoms with van der Waals surface area (Å²) in [6.07, 6.45) is 3.77. The normalized spacial score (nSPS) is 10.5. The van der Waals surface area contributed by atoms with Crippen molar-refractivity contribution in [3.63, 3.8) is 0 Å². The van der Waals surface area contributed by atoms with Gasteiger partial charge in [0.2, 0.25) is 0 Å². The Labute approximate surface area is 122 Å². The lowest BCUT2D eigenvalue weighted by Gasteiger charge is -2.03. The fourth-order valence-electron chi connectivity index (χ4n) is 2.03. The zero-order valence-electron chi connectivity index (χ0n) is 11.0. The molecule has 0 aliphatic carbocycles. The highest BCUT2D eigenvalue weighted by Gasteiger charge is 2.06. The number of hydrogen-bond donors (Lipinski definition) is 0. The van der Waals surface area contributed by atoms with E-state index < -0.39 is 0 Å². The molecule has 1 heterocycles. The zero-order chi connectivity index (χ0) is 13.9. The summed E-state index contributed by atoms with van der Waals surface area (Å²) in [5, 5.41) is 5.10. The standard InChI is InChI=1S/C16H13ClN2O/c1-20-14-8-6-13(7-9-14)19-11-12(10-18-19)15-4-2-3-5-16(15)17/h2-11H,1H3. The van der Waals surface area contributed by atoms with Crippen LogP contribution in [0.15, 0.2) is 60.9 Å². The van der Waals surface area contributed by atoms with E-state index in [1.807, 2.05) is 65.6 Å². The van der Waals surface area contributed by atoms with Crippen molar-refractivity contribution < 1.29 is 4.74 Å². The summed E-state index contributed by atoms with van der Waals surface area (Å²) in [6, 6.07) is 15.5. The number of hydrogen-bond acceptors (Lipinski definition) is 2. The molecule has 0 atom stereocenters. The van der Waals surface area contributed by atoms with Gasteiger partial charge in [-0.25, -0.2) is 4.68 Å². The number of rotatable bonds is 3. The van der Waals surface area contributed by atoms with Crippen LogP contribution in [0.1, 0.15) is 0 Å². The molecule has 0 saturated carbocycles. The number of nitrogens with zero attached hydrogens (tertiary/aromatic N) is 2. The fraction of sp³-hybridized carbons (Fsp3) is 0.0625. The van der Waals surface area contributed by atoms with E-state index in [1.54, 1.807) is 7.11 Å². The SMILES string of the molecule is COc1ccc(-n2cc(-c3ccccc3Cl)cn2)cc1. The molecule has 0 amide bonds. The van der Waals surface area contributed by atoms with E-state index in [9.17, 15) is 0 Å². The molecule has 2 aromatic carbocycles. The van der Waals surface area contributed by atoms with Crippen molar-refractivity contribution >= 4 is 11.6 Å². The average molecular weight is 285 g/mol. The smallest absolute Gasteiger partial charge is 0.119 e. The number of methoxy groups -OCH3 is 1. The van der Waals surface area contributed by atoms with Gasteiger partial charge in [0.1, 0.15) is 5.75 Å². The Kier molecular flexibility index (Phi) is 3.44. The highest BCUT2D eigenvalue weighted by molar-refractivity contribution is 6.33. The van der Waals surface area contributed by atoms with Crippen LogP contribution in [-0.4, -0.2) is 16.9 Å². The van der Waals surface area contributed by atoms with Gasteiger partial charge in [0.25, 0.3) is 0 Å². The topological polar surface area (TPSA) is 27.1 Å². The van der Waals surface area contributed by atoms with Crippen LogP contribution in [0.5, 0.6) is 5.75 Å². The van der Waals surface area contributed by atoms with Crippen LogP contribution >= 0.6 is 11.6 Å². The van der Waals surface area contributed by atoms with Gasteiger partial charge < -0.3 is 4.74 Å². The third-order valence-electron chi connectivity index (χ3n) is 3.10. The zero-order valence-corrected chi connectivity index (χ0v) is 11.7. The Bertz CT molecular complexity index is 719. The molecular formula is C16H13ClN2O. The number of ether oxygens (including phenoxy) is 1. The highest BCUT2D eigenvalue weighted by atomic mass is 35.5. The first-order chi connectivity index (χ1) is 9.78. The summed E-state index contributed by atoms with van der Waals surface area (Å²) in [7, 11) is 1.65. The summed E-state index contributed by atoms with van der Waals surface area (Å²) >= 11 is 6.20. The molecule has 0 bridgehead atoms. The Hall–Kier alpha value is -2.26. The van der Waals surface area contributed by atoms with E-state index in [-0.39, 0.29) is 0 Å². The van der Waals surface area contributed by atoms with Gasteiger partial charge in [-0.05, 0) is 30.3 Å². The monoisotopic (exact) mass is 284 g/mol. The molecule has 0 saturated heterocycles. The van der Waals surface area contributed by atoms with Crippen molar-refractivity contribution in [2.45, 2.75) is 0 Å². The van der Waals surface area contributed by atoms with Crippen LogP contribution in [0.25, 0.3) is 16.8 Å². The number of halogens is 1. The third kappa shape index (κ3) is 2.40. The van der Waals surface area contributed by atoms with Crippen LogP contribution in [0.3, 0.4) is 0 Å². The van der Waals surface area contributed by atoms with Crippen LogP contribution in [0.2, 0.25) is 5.02 Å². The fourth-order valence-corrected chi connectivity index (χ4v) is 2.28. The molecule has 0 aliphatic rings. The van der Waals surface area contributed by atoms with Crippen molar-refractivity contribution in [1.82, 2.24) is 9.78 Å². The molecule has 3 nitrogen and oxygen atoms in total. The predicted molar refractivity (Wildman–Crippen MR) is 80.6 cm³/mol.